The first-order valence-corrected chi connectivity index (χ1v) is 8.41. The van der Waals surface area contributed by atoms with E-state index in [0.29, 0.717) is 6.61 Å². The van der Waals surface area contributed by atoms with Crippen molar-refractivity contribution in [2.75, 3.05) is 0 Å². The minimum Gasteiger partial charge on any atom is -0.489 e. The van der Waals surface area contributed by atoms with Crippen LogP contribution in [0.25, 0.3) is 0 Å². The number of rotatable bonds is 5. The SMILES string of the molecule is CC(C)(C)NCc1cc(Br)ccc1OCc1ccc(Cl)cc1.Cl. The van der Waals surface area contributed by atoms with Crippen LogP contribution in [-0.4, -0.2) is 5.54 Å². The van der Waals surface area contributed by atoms with Gasteiger partial charge in [0.15, 0.2) is 0 Å². The number of hydrogen-bond acceptors (Lipinski definition) is 2. The third-order valence-electron chi connectivity index (χ3n) is 3.14. The van der Waals surface area contributed by atoms with E-state index in [1.54, 1.807) is 0 Å². The lowest BCUT2D eigenvalue weighted by Crippen LogP contribution is -2.35. The molecule has 2 aromatic carbocycles. The van der Waals surface area contributed by atoms with E-state index in [9.17, 15) is 0 Å². The normalized spacial score (nSPS) is 11.0. The number of halogens is 3. The van der Waals surface area contributed by atoms with Crippen molar-refractivity contribution in [3.63, 3.8) is 0 Å². The Morgan fingerprint density at radius 1 is 1.09 bits per heavy atom. The van der Waals surface area contributed by atoms with Gasteiger partial charge in [-0.3, -0.25) is 0 Å². The molecule has 126 valence electrons. The lowest BCUT2D eigenvalue weighted by molar-refractivity contribution is 0.300. The molecule has 0 heterocycles. The van der Waals surface area contributed by atoms with Crippen molar-refractivity contribution in [3.05, 3.63) is 63.1 Å². The Morgan fingerprint density at radius 2 is 1.74 bits per heavy atom. The molecule has 0 bridgehead atoms. The van der Waals surface area contributed by atoms with Crippen LogP contribution in [0.1, 0.15) is 31.9 Å². The van der Waals surface area contributed by atoms with Crippen molar-refractivity contribution >= 4 is 39.9 Å². The maximum absolute atomic E-state index is 5.98. The molecular weight excluding hydrogens is 397 g/mol. The zero-order valence-electron chi connectivity index (χ0n) is 13.5. The molecule has 2 rings (SSSR count). The van der Waals surface area contributed by atoms with Crippen LogP contribution in [0, 0.1) is 0 Å². The van der Waals surface area contributed by atoms with E-state index in [-0.39, 0.29) is 17.9 Å². The summed E-state index contributed by atoms with van der Waals surface area (Å²) in [7, 11) is 0. The summed E-state index contributed by atoms with van der Waals surface area (Å²) in [5.74, 6) is 0.898. The first-order valence-electron chi connectivity index (χ1n) is 7.24. The van der Waals surface area contributed by atoms with Gasteiger partial charge in [0, 0.05) is 27.1 Å². The monoisotopic (exact) mass is 417 g/mol. The Morgan fingerprint density at radius 3 is 2.35 bits per heavy atom. The van der Waals surface area contributed by atoms with Gasteiger partial charge >= 0.3 is 0 Å². The Kier molecular flexibility index (Phi) is 7.88. The summed E-state index contributed by atoms with van der Waals surface area (Å²) < 4.78 is 7.03. The topological polar surface area (TPSA) is 21.3 Å². The van der Waals surface area contributed by atoms with E-state index >= 15 is 0 Å². The van der Waals surface area contributed by atoms with Crippen LogP contribution in [0.3, 0.4) is 0 Å². The molecule has 2 nitrogen and oxygen atoms in total. The first-order chi connectivity index (χ1) is 10.3. The molecule has 0 fully saturated rings. The van der Waals surface area contributed by atoms with Crippen LogP contribution in [-0.2, 0) is 13.2 Å². The summed E-state index contributed by atoms with van der Waals surface area (Å²) in [6.07, 6.45) is 0. The van der Waals surface area contributed by atoms with Crippen molar-refractivity contribution in [2.24, 2.45) is 0 Å². The predicted octanol–water partition coefficient (Wildman–Crippen LogP) is 5.99. The summed E-state index contributed by atoms with van der Waals surface area (Å²) >= 11 is 9.42. The zero-order valence-corrected chi connectivity index (χ0v) is 16.7. The highest BCUT2D eigenvalue weighted by Crippen LogP contribution is 2.25. The van der Waals surface area contributed by atoms with Gasteiger partial charge in [0.1, 0.15) is 12.4 Å². The van der Waals surface area contributed by atoms with Gasteiger partial charge in [-0.05, 0) is 56.7 Å². The van der Waals surface area contributed by atoms with Crippen LogP contribution in [0.2, 0.25) is 5.02 Å². The van der Waals surface area contributed by atoms with Crippen LogP contribution >= 0.6 is 39.9 Å². The van der Waals surface area contributed by atoms with E-state index in [1.165, 1.54) is 0 Å². The van der Waals surface area contributed by atoms with Gasteiger partial charge in [0.05, 0.1) is 0 Å². The average Bonchev–Trinajstić information content (AvgIpc) is 2.45. The molecule has 0 aliphatic carbocycles. The predicted molar refractivity (Wildman–Crippen MR) is 104 cm³/mol. The van der Waals surface area contributed by atoms with Crippen molar-refractivity contribution in [2.45, 2.75) is 39.5 Å². The molecule has 0 amide bonds. The minimum absolute atomic E-state index is 0. The van der Waals surface area contributed by atoms with Gasteiger partial charge in [-0.1, -0.05) is 39.7 Å². The highest BCUT2D eigenvalue weighted by molar-refractivity contribution is 9.10. The van der Waals surface area contributed by atoms with Gasteiger partial charge < -0.3 is 10.1 Å². The van der Waals surface area contributed by atoms with Crippen LogP contribution in [0.4, 0.5) is 0 Å². The van der Waals surface area contributed by atoms with Gasteiger partial charge in [-0.2, -0.15) is 0 Å². The molecular formula is C18H22BrCl2NO. The largest absolute Gasteiger partial charge is 0.489 e. The average molecular weight is 419 g/mol. The molecule has 0 saturated heterocycles. The summed E-state index contributed by atoms with van der Waals surface area (Å²) in [6, 6.07) is 13.8. The maximum atomic E-state index is 5.98. The second-order valence-electron chi connectivity index (χ2n) is 6.27. The molecule has 0 atom stereocenters. The lowest BCUT2D eigenvalue weighted by Gasteiger charge is -2.22. The summed E-state index contributed by atoms with van der Waals surface area (Å²) in [5.41, 5.74) is 2.30. The highest BCUT2D eigenvalue weighted by Gasteiger charge is 2.11. The van der Waals surface area contributed by atoms with Gasteiger partial charge in [0.2, 0.25) is 0 Å². The Labute approximate surface area is 158 Å². The molecule has 0 spiro atoms. The zero-order chi connectivity index (χ0) is 16.2. The third-order valence-corrected chi connectivity index (χ3v) is 3.88. The Balaban J connectivity index is 0.00000264. The molecule has 0 radical (unpaired) electrons. The quantitative estimate of drug-likeness (QED) is 0.643. The standard InChI is InChI=1S/C18H21BrClNO.ClH/c1-18(2,3)21-11-14-10-15(19)6-9-17(14)22-12-13-4-7-16(20)8-5-13;/h4-10,21H,11-12H2,1-3H3;1H. The second-order valence-corrected chi connectivity index (χ2v) is 7.62. The van der Waals surface area contributed by atoms with Crippen molar-refractivity contribution in [1.82, 2.24) is 5.32 Å². The Bertz CT molecular complexity index is 624. The van der Waals surface area contributed by atoms with Gasteiger partial charge in [0.25, 0.3) is 0 Å². The van der Waals surface area contributed by atoms with Crippen molar-refractivity contribution in [1.29, 1.82) is 0 Å². The van der Waals surface area contributed by atoms with Crippen LogP contribution in [0.5, 0.6) is 5.75 Å². The molecule has 23 heavy (non-hydrogen) atoms. The second kappa shape index (κ2) is 8.93. The minimum atomic E-state index is 0. The molecule has 0 aliphatic rings. The highest BCUT2D eigenvalue weighted by atomic mass is 79.9. The smallest absolute Gasteiger partial charge is 0.124 e. The van der Waals surface area contributed by atoms with E-state index in [1.807, 2.05) is 36.4 Å². The van der Waals surface area contributed by atoms with E-state index in [4.69, 9.17) is 16.3 Å². The number of hydrogen-bond donors (Lipinski definition) is 1. The summed E-state index contributed by atoms with van der Waals surface area (Å²) in [6.45, 7) is 7.75. The van der Waals surface area contributed by atoms with Crippen LogP contribution < -0.4 is 10.1 Å². The molecule has 0 aliphatic heterocycles. The number of benzene rings is 2. The number of nitrogens with one attached hydrogen (secondary N) is 1. The molecule has 0 saturated carbocycles. The third kappa shape index (κ3) is 7.13. The molecule has 0 unspecified atom stereocenters. The fraction of sp³-hybridized carbons (Fsp3) is 0.333. The fourth-order valence-corrected chi connectivity index (χ4v) is 2.46. The van der Waals surface area contributed by atoms with E-state index in [2.05, 4.69) is 48.1 Å². The first kappa shape index (κ1) is 20.3. The Hall–Kier alpha value is -0.740. The molecule has 5 heteroatoms. The summed E-state index contributed by atoms with van der Waals surface area (Å²) in [4.78, 5) is 0. The maximum Gasteiger partial charge on any atom is 0.124 e. The van der Waals surface area contributed by atoms with Gasteiger partial charge in [-0.15, -0.1) is 12.4 Å². The molecule has 0 aromatic heterocycles. The number of ether oxygens (including phenoxy) is 1. The molecule has 1 N–H and O–H groups in total. The van der Waals surface area contributed by atoms with Gasteiger partial charge in [-0.25, -0.2) is 0 Å². The van der Waals surface area contributed by atoms with Crippen molar-refractivity contribution < 1.29 is 4.74 Å². The fourth-order valence-electron chi connectivity index (χ4n) is 1.93. The molecule has 2 aromatic rings. The van der Waals surface area contributed by atoms with Crippen LogP contribution in [0.15, 0.2) is 46.9 Å². The lowest BCUT2D eigenvalue weighted by atomic mass is 10.1. The van der Waals surface area contributed by atoms with Crippen molar-refractivity contribution in [3.8, 4) is 5.75 Å². The van der Waals surface area contributed by atoms with E-state index in [0.717, 1.165) is 32.9 Å². The summed E-state index contributed by atoms with van der Waals surface area (Å²) in [5, 5.41) is 4.23. The van der Waals surface area contributed by atoms with E-state index < -0.39 is 0 Å².